The minimum absolute atomic E-state index is 0.197. The van der Waals surface area contributed by atoms with E-state index in [9.17, 15) is 18.0 Å². The summed E-state index contributed by atoms with van der Waals surface area (Å²) < 4.78 is 37.8. The van der Waals surface area contributed by atoms with Crippen molar-refractivity contribution in [2.45, 2.75) is 6.18 Å². The van der Waals surface area contributed by atoms with Crippen LogP contribution in [0.3, 0.4) is 0 Å². The number of hydrogen-bond acceptors (Lipinski definition) is 4. The summed E-state index contributed by atoms with van der Waals surface area (Å²) in [4.78, 5) is 16.8. The zero-order valence-corrected chi connectivity index (χ0v) is 10.00. The fourth-order valence-electron chi connectivity index (χ4n) is 1.92. The van der Waals surface area contributed by atoms with E-state index in [0.717, 1.165) is 12.3 Å². The molecule has 0 aliphatic carbocycles. The van der Waals surface area contributed by atoms with Crippen LogP contribution in [-0.4, -0.2) is 37.1 Å². The normalized spacial score (nSPS) is 16.5. The van der Waals surface area contributed by atoms with Gasteiger partial charge in [0.2, 0.25) is 0 Å². The zero-order valence-electron chi connectivity index (χ0n) is 10.00. The maximum atomic E-state index is 12.6. The lowest BCUT2D eigenvalue weighted by Crippen LogP contribution is -2.44. The summed E-state index contributed by atoms with van der Waals surface area (Å²) in [6, 6.07) is 0.757. The van der Waals surface area contributed by atoms with Crippen molar-refractivity contribution in [3.8, 4) is 0 Å². The third-order valence-electron chi connectivity index (χ3n) is 2.88. The molecule has 0 bridgehead atoms. The Hall–Kier alpha value is -1.83. The molecule has 1 saturated heterocycles. The minimum atomic E-state index is -4.54. The highest BCUT2D eigenvalue weighted by molar-refractivity contribution is 5.98. The average Bonchev–Trinajstić information content (AvgIpc) is 2.38. The molecule has 0 aromatic carbocycles. The van der Waals surface area contributed by atoms with E-state index >= 15 is 0 Å². The molecule has 0 spiro atoms. The molecular formula is C11H13F3N4O. The van der Waals surface area contributed by atoms with Crippen LogP contribution in [0.25, 0.3) is 0 Å². The van der Waals surface area contributed by atoms with Crippen molar-refractivity contribution in [2.24, 2.45) is 5.73 Å². The van der Waals surface area contributed by atoms with Crippen LogP contribution < -0.4 is 16.0 Å². The molecule has 3 N–H and O–H groups in total. The van der Waals surface area contributed by atoms with Crippen LogP contribution in [0.15, 0.2) is 12.3 Å². The number of nitrogens with two attached hydrogens (primary N) is 1. The van der Waals surface area contributed by atoms with Gasteiger partial charge in [-0.2, -0.15) is 13.2 Å². The summed E-state index contributed by atoms with van der Waals surface area (Å²) in [7, 11) is 0. The minimum Gasteiger partial charge on any atom is -0.365 e. The van der Waals surface area contributed by atoms with E-state index in [2.05, 4.69) is 10.3 Å². The number of piperazine rings is 1. The number of aromatic nitrogens is 1. The molecular weight excluding hydrogens is 261 g/mol. The number of amides is 1. The Labute approximate surface area is 107 Å². The van der Waals surface area contributed by atoms with Gasteiger partial charge in [-0.3, -0.25) is 4.79 Å². The van der Waals surface area contributed by atoms with Crippen LogP contribution in [0.1, 0.15) is 15.9 Å². The van der Waals surface area contributed by atoms with E-state index in [-0.39, 0.29) is 11.4 Å². The smallest absolute Gasteiger partial charge is 0.365 e. The van der Waals surface area contributed by atoms with E-state index in [1.807, 2.05) is 0 Å². The average molecular weight is 274 g/mol. The molecule has 19 heavy (non-hydrogen) atoms. The second kappa shape index (κ2) is 5.04. The molecule has 0 atom stereocenters. The van der Waals surface area contributed by atoms with Crippen LogP contribution in [0.4, 0.5) is 19.0 Å². The van der Waals surface area contributed by atoms with Crippen LogP contribution in [0, 0.1) is 0 Å². The van der Waals surface area contributed by atoms with E-state index in [4.69, 9.17) is 5.73 Å². The van der Waals surface area contributed by atoms with Crippen molar-refractivity contribution in [1.29, 1.82) is 0 Å². The summed E-state index contributed by atoms with van der Waals surface area (Å²) >= 11 is 0. The van der Waals surface area contributed by atoms with Gasteiger partial charge in [-0.05, 0) is 6.07 Å². The number of nitrogens with zero attached hydrogens (tertiary/aromatic N) is 2. The Morgan fingerprint density at radius 1 is 1.37 bits per heavy atom. The Morgan fingerprint density at radius 3 is 2.53 bits per heavy atom. The molecule has 0 saturated carbocycles. The van der Waals surface area contributed by atoms with Gasteiger partial charge in [0.05, 0.1) is 11.1 Å². The second-order valence-electron chi connectivity index (χ2n) is 4.19. The molecule has 1 amide bonds. The fraction of sp³-hybridized carbons (Fsp3) is 0.455. The first-order valence-corrected chi connectivity index (χ1v) is 5.72. The van der Waals surface area contributed by atoms with E-state index in [0.29, 0.717) is 26.2 Å². The van der Waals surface area contributed by atoms with Crippen molar-refractivity contribution in [3.63, 3.8) is 0 Å². The fourth-order valence-corrected chi connectivity index (χ4v) is 1.92. The Morgan fingerprint density at radius 2 is 2.00 bits per heavy atom. The number of halogens is 3. The van der Waals surface area contributed by atoms with Crippen LogP contribution >= 0.6 is 0 Å². The molecule has 1 aliphatic heterocycles. The maximum Gasteiger partial charge on any atom is 0.417 e. The quantitative estimate of drug-likeness (QED) is 0.829. The molecule has 8 heteroatoms. The summed E-state index contributed by atoms with van der Waals surface area (Å²) in [6.45, 7) is 2.50. The molecule has 0 radical (unpaired) electrons. The van der Waals surface area contributed by atoms with Gasteiger partial charge in [0.25, 0.3) is 5.91 Å². The summed E-state index contributed by atoms with van der Waals surface area (Å²) in [6.07, 6.45) is -3.82. The monoisotopic (exact) mass is 274 g/mol. The first-order chi connectivity index (χ1) is 8.89. The van der Waals surface area contributed by atoms with Crippen molar-refractivity contribution in [3.05, 3.63) is 23.4 Å². The van der Waals surface area contributed by atoms with Crippen LogP contribution in [-0.2, 0) is 6.18 Å². The van der Waals surface area contributed by atoms with Gasteiger partial charge in [0, 0.05) is 32.4 Å². The first kappa shape index (κ1) is 13.6. The Bertz CT molecular complexity index is 483. The number of alkyl halides is 3. The number of carbonyl (C=O) groups excluding carboxylic acids is 1. The van der Waals surface area contributed by atoms with Gasteiger partial charge in [-0.15, -0.1) is 0 Å². The second-order valence-corrected chi connectivity index (χ2v) is 4.19. The molecule has 104 valence electrons. The summed E-state index contributed by atoms with van der Waals surface area (Å²) in [5, 5.41) is 3.10. The van der Waals surface area contributed by atoms with Crippen molar-refractivity contribution < 1.29 is 18.0 Å². The molecule has 0 unspecified atom stereocenters. The van der Waals surface area contributed by atoms with Crippen molar-refractivity contribution >= 4 is 11.7 Å². The first-order valence-electron chi connectivity index (χ1n) is 5.72. The standard InChI is InChI=1S/C11H13F3N4O/c12-11(13,14)7-5-8(9(15)19)10(17-6-7)18-3-1-16-2-4-18/h5-6,16H,1-4H2,(H2,15,19). The van der Waals surface area contributed by atoms with E-state index < -0.39 is 17.6 Å². The highest BCUT2D eigenvalue weighted by Gasteiger charge is 2.33. The molecule has 1 aromatic rings. The number of anilines is 1. The highest BCUT2D eigenvalue weighted by atomic mass is 19.4. The van der Waals surface area contributed by atoms with Gasteiger partial charge >= 0.3 is 6.18 Å². The SMILES string of the molecule is NC(=O)c1cc(C(F)(F)F)cnc1N1CCNCC1. The molecule has 2 heterocycles. The lowest BCUT2D eigenvalue weighted by molar-refractivity contribution is -0.137. The number of pyridine rings is 1. The maximum absolute atomic E-state index is 12.6. The number of nitrogens with one attached hydrogen (secondary N) is 1. The zero-order chi connectivity index (χ0) is 14.0. The molecule has 2 rings (SSSR count). The molecule has 1 fully saturated rings. The Kier molecular flexibility index (Phi) is 3.61. The highest BCUT2D eigenvalue weighted by Crippen LogP contribution is 2.31. The molecule has 1 aromatic heterocycles. The van der Waals surface area contributed by atoms with Gasteiger partial charge in [0.15, 0.2) is 0 Å². The van der Waals surface area contributed by atoms with Gasteiger partial charge in [-0.1, -0.05) is 0 Å². The van der Waals surface area contributed by atoms with E-state index in [1.165, 1.54) is 0 Å². The van der Waals surface area contributed by atoms with Crippen LogP contribution in [0.2, 0.25) is 0 Å². The predicted octanol–water partition coefficient (Wildman–Crippen LogP) is 0.609. The van der Waals surface area contributed by atoms with Crippen molar-refractivity contribution in [2.75, 3.05) is 31.1 Å². The third kappa shape index (κ3) is 2.95. The number of rotatable bonds is 2. The topological polar surface area (TPSA) is 71.2 Å². The summed E-state index contributed by atoms with van der Waals surface area (Å²) in [5.41, 5.74) is 3.98. The van der Waals surface area contributed by atoms with Gasteiger partial charge < -0.3 is 16.0 Å². The third-order valence-corrected chi connectivity index (χ3v) is 2.88. The summed E-state index contributed by atoms with van der Waals surface area (Å²) in [5.74, 6) is -0.700. The predicted molar refractivity (Wildman–Crippen MR) is 62.8 cm³/mol. The molecule has 5 nitrogen and oxygen atoms in total. The lowest BCUT2D eigenvalue weighted by atomic mass is 10.1. The van der Waals surface area contributed by atoms with Gasteiger partial charge in [0.1, 0.15) is 5.82 Å². The lowest BCUT2D eigenvalue weighted by Gasteiger charge is -2.29. The molecule has 1 aliphatic rings. The Balaban J connectivity index is 2.40. The number of hydrogen-bond donors (Lipinski definition) is 2. The largest absolute Gasteiger partial charge is 0.417 e. The van der Waals surface area contributed by atoms with E-state index in [1.54, 1.807) is 4.90 Å². The van der Waals surface area contributed by atoms with Crippen LogP contribution in [0.5, 0.6) is 0 Å². The number of primary amides is 1. The van der Waals surface area contributed by atoms with Crippen molar-refractivity contribution in [1.82, 2.24) is 10.3 Å². The van der Waals surface area contributed by atoms with Gasteiger partial charge in [-0.25, -0.2) is 4.98 Å². The number of carbonyl (C=O) groups is 1.